The summed E-state index contributed by atoms with van der Waals surface area (Å²) in [5.74, 6) is -0.631. The van der Waals surface area contributed by atoms with Crippen molar-refractivity contribution < 1.29 is 9.53 Å². The Hall–Kier alpha value is -2.00. The fraction of sp³-hybridized carbons (Fsp3) is 0.417. The molecule has 0 amide bonds. The van der Waals surface area contributed by atoms with Gasteiger partial charge in [0, 0.05) is 11.5 Å². The highest BCUT2D eigenvalue weighted by molar-refractivity contribution is 5.78. The highest BCUT2D eigenvalue weighted by Gasteiger charge is 2.20. The Balaban J connectivity index is 2.78. The topological polar surface area (TPSA) is 75.1 Å². The molecule has 0 aromatic heterocycles. The van der Waals surface area contributed by atoms with Gasteiger partial charge in [0.1, 0.15) is 0 Å². The zero-order valence-electron chi connectivity index (χ0n) is 9.74. The first-order chi connectivity index (χ1) is 8.29. The van der Waals surface area contributed by atoms with Crippen molar-refractivity contribution in [3.63, 3.8) is 0 Å². The van der Waals surface area contributed by atoms with E-state index < -0.39 is 0 Å². The molecule has 0 spiro atoms. The average Bonchev–Trinajstić information content (AvgIpc) is 2.36. The van der Waals surface area contributed by atoms with E-state index in [1.54, 1.807) is 6.92 Å². The normalized spacial score (nSPS) is 11.4. The maximum atomic E-state index is 11.8. The van der Waals surface area contributed by atoms with Crippen LogP contribution in [0.5, 0.6) is 0 Å². The third-order valence-corrected chi connectivity index (χ3v) is 2.35. The minimum absolute atomic E-state index is 0.271. The Morgan fingerprint density at radius 3 is 2.76 bits per heavy atom. The van der Waals surface area contributed by atoms with Gasteiger partial charge in [-0.05, 0) is 24.4 Å². The molecule has 1 rings (SSSR count). The smallest absolute Gasteiger partial charge is 0.313 e. The zero-order valence-corrected chi connectivity index (χ0v) is 9.74. The van der Waals surface area contributed by atoms with Gasteiger partial charge < -0.3 is 4.74 Å². The van der Waals surface area contributed by atoms with Crippen molar-refractivity contribution in [3.05, 3.63) is 46.3 Å². The van der Waals surface area contributed by atoms with Crippen LogP contribution in [-0.4, -0.2) is 19.1 Å². The number of rotatable bonds is 6. The van der Waals surface area contributed by atoms with Gasteiger partial charge in [-0.1, -0.05) is 35.4 Å². The number of hydrogen-bond donors (Lipinski definition) is 0. The van der Waals surface area contributed by atoms with Gasteiger partial charge in [-0.25, -0.2) is 0 Å². The summed E-state index contributed by atoms with van der Waals surface area (Å²) in [6.45, 7) is 2.41. The maximum Gasteiger partial charge on any atom is 0.313 e. The van der Waals surface area contributed by atoms with Crippen LogP contribution in [0.4, 0.5) is 0 Å². The molecule has 1 aromatic carbocycles. The van der Waals surface area contributed by atoms with E-state index in [1.165, 1.54) is 0 Å². The third kappa shape index (κ3) is 4.17. The highest BCUT2D eigenvalue weighted by Crippen LogP contribution is 2.21. The van der Waals surface area contributed by atoms with Crippen LogP contribution in [0.3, 0.4) is 0 Å². The molecule has 5 nitrogen and oxygen atoms in total. The number of carbonyl (C=O) groups excluding carboxylic acids is 1. The molecule has 0 heterocycles. The quantitative estimate of drug-likeness (QED) is 0.328. The van der Waals surface area contributed by atoms with E-state index in [4.69, 9.17) is 10.3 Å². The van der Waals surface area contributed by atoms with Crippen molar-refractivity contribution >= 4 is 5.97 Å². The lowest BCUT2D eigenvalue weighted by atomic mass is 9.96. The van der Waals surface area contributed by atoms with E-state index in [0.29, 0.717) is 13.0 Å². The van der Waals surface area contributed by atoms with Gasteiger partial charge >= 0.3 is 5.97 Å². The lowest BCUT2D eigenvalue weighted by Crippen LogP contribution is -2.16. The van der Waals surface area contributed by atoms with Crippen LogP contribution in [0.1, 0.15) is 24.8 Å². The van der Waals surface area contributed by atoms with Crippen molar-refractivity contribution in [1.29, 1.82) is 0 Å². The van der Waals surface area contributed by atoms with Gasteiger partial charge in [0.05, 0.1) is 12.5 Å². The largest absolute Gasteiger partial charge is 0.466 e. The summed E-state index contributed by atoms with van der Waals surface area (Å²) in [7, 11) is 0. The molecule has 90 valence electrons. The Bertz CT molecular complexity index is 399. The van der Waals surface area contributed by atoms with Gasteiger partial charge in [-0.2, -0.15) is 0 Å². The molecule has 0 saturated carbocycles. The molecule has 1 aromatic rings. The number of carbonyl (C=O) groups is 1. The number of esters is 1. The molecule has 17 heavy (non-hydrogen) atoms. The summed E-state index contributed by atoms with van der Waals surface area (Å²) in [5.41, 5.74) is 9.12. The summed E-state index contributed by atoms with van der Waals surface area (Å²) in [4.78, 5) is 14.5. The number of hydrogen-bond acceptors (Lipinski definition) is 3. The summed E-state index contributed by atoms with van der Waals surface area (Å²) in [5, 5.41) is 3.45. The van der Waals surface area contributed by atoms with Crippen LogP contribution >= 0.6 is 0 Å². The van der Waals surface area contributed by atoms with Crippen molar-refractivity contribution in [3.8, 4) is 0 Å². The highest BCUT2D eigenvalue weighted by atomic mass is 16.5. The first-order valence-corrected chi connectivity index (χ1v) is 5.52. The van der Waals surface area contributed by atoms with Gasteiger partial charge in [-0.3, -0.25) is 4.79 Å². The molecule has 0 fully saturated rings. The molecule has 1 unspecified atom stereocenters. The third-order valence-electron chi connectivity index (χ3n) is 2.35. The van der Waals surface area contributed by atoms with Crippen LogP contribution in [0.15, 0.2) is 35.4 Å². The first-order valence-electron chi connectivity index (χ1n) is 5.52. The second-order valence-corrected chi connectivity index (χ2v) is 3.46. The Kier molecular flexibility index (Phi) is 5.61. The van der Waals surface area contributed by atoms with Gasteiger partial charge in [0.2, 0.25) is 0 Å². The number of nitrogens with zero attached hydrogens (tertiary/aromatic N) is 3. The van der Waals surface area contributed by atoms with Crippen LogP contribution in [-0.2, 0) is 9.53 Å². The molecule has 0 aliphatic heterocycles. The second kappa shape index (κ2) is 7.30. The van der Waals surface area contributed by atoms with Crippen molar-refractivity contribution in [2.45, 2.75) is 19.3 Å². The summed E-state index contributed by atoms with van der Waals surface area (Å²) in [6, 6.07) is 9.37. The monoisotopic (exact) mass is 233 g/mol. The number of ether oxygens (including phenoxy) is 1. The molecule has 0 radical (unpaired) electrons. The Labute approximate surface area is 100 Å². The molecule has 0 N–H and O–H groups in total. The van der Waals surface area contributed by atoms with E-state index in [-0.39, 0.29) is 18.4 Å². The lowest BCUT2D eigenvalue weighted by molar-refractivity contribution is -0.145. The van der Waals surface area contributed by atoms with Gasteiger partial charge in [-0.15, -0.1) is 0 Å². The minimum Gasteiger partial charge on any atom is -0.466 e. The van der Waals surface area contributed by atoms with Crippen LogP contribution in [0.25, 0.3) is 10.4 Å². The Morgan fingerprint density at radius 1 is 1.47 bits per heavy atom. The van der Waals surface area contributed by atoms with E-state index in [0.717, 1.165) is 5.56 Å². The predicted molar refractivity (Wildman–Crippen MR) is 64.4 cm³/mol. The van der Waals surface area contributed by atoms with E-state index in [9.17, 15) is 4.79 Å². The number of benzene rings is 1. The van der Waals surface area contributed by atoms with Crippen molar-refractivity contribution in [2.75, 3.05) is 13.2 Å². The van der Waals surface area contributed by atoms with E-state index >= 15 is 0 Å². The van der Waals surface area contributed by atoms with E-state index in [2.05, 4.69) is 10.0 Å². The number of azide groups is 1. The molecule has 0 aliphatic carbocycles. The molecule has 0 saturated heterocycles. The summed E-state index contributed by atoms with van der Waals surface area (Å²) < 4.78 is 5.02. The van der Waals surface area contributed by atoms with E-state index in [1.807, 2.05) is 30.3 Å². The van der Waals surface area contributed by atoms with Gasteiger partial charge in [0.15, 0.2) is 0 Å². The zero-order chi connectivity index (χ0) is 12.5. The molecule has 1 atom stereocenters. The van der Waals surface area contributed by atoms with Crippen molar-refractivity contribution in [1.82, 2.24) is 0 Å². The maximum absolute atomic E-state index is 11.8. The fourth-order valence-corrected chi connectivity index (χ4v) is 1.58. The Morgan fingerprint density at radius 2 is 2.18 bits per heavy atom. The molecule has 5 heteroatoms. The van der Waals surface area contributed by atoms with Crippen LogP contribution in [0, 0.1) is 0 Å². The molecular formula is C12H15N3O2. The molecule has 0 aliphatic rings. The summed E-state index contributed by atoms with van der Waals surface area (Å²) >= 11 is 0. The van der Waals surface area contributed by atoms with Crippen LogP contribution < -0.4 is 0 Å². The average molecular weight is 233 g/mol. The molecule has 0 bridgehead atoms. The van der Waals surface area contributed by atoms with Crippen LogP contribution in [0.2, 0.25) is 0 Å². The SMILES string of the molecule is CCOC(=O)C(CCN=[N+]=[N-])c1ccccc1. The first kappa shape index (κ1) is 13.1. The lowest BCUT2D eigenvalue weighted by Gasteiger charge is -2.14. The predicted octanol–water partition coefficient (Wildman–Crippen LogP) is 3.03. The van der Waals surface area contributed by atoms with Crippen molar-refractivity contribution in [2.24, 2.45) is 5.11 Å². The minimum atomic E-state index is -0.360. The fourth-order valence-electron chi connectivity index (χ4n) is 1.58. The molecular weight excluding hydrogens is 218 g/mol. The summed E-state index contributed by atoms with van der Waals surface area (Å²) in [6.07, 6.45) is 0.465. The second-order valence-electron chi connectivity index (χ2n) is 3.46. The standard InChI is InChI=1S/C12H15N3O2/c1-2-17-12(16)11(8-9-14-15-13)10-6-4-3-5-7-10/h3-7,11H,2,8-9H2,1H3. The van der Waals surface area contributed by atoms with Gasteiger partial charge in [0.25, 0.3) is 0 Å².